The van der Waals surface area contributed by atoms with Gasteiger partial charge in [-0.25, -0.2) is 0 Å². The number of aryl methyl sites for hydroxylation is 2. The van der Waals surface area contributed by atoms with Crippen molar-refractivity contribution >= 4 is 34.3 Å². The van der Waals surface area contributed by atoms with Crippen molar-refractivity contribution in [2.75, 3.05) is 25.5 Å². The van der Waals surface area contributed by atoms with Crippen molar-refractivity contribution in [1.82, 2.24) is 4.90 Å². The van der Waals surface area contributed by atoms with Gasteiger partial charge < -0.3 is 4.90 Å². The molecule has 2 aliphatic carbocycles. The van der Waals surface area contributed by atoms with Crippen LogP contribution in [0.2, 0.25) is 0 Å². The summed E-state index contributed by atoms with van der Waals surface area (Å²) < 4.78 is 0. The molecule has 0 radical (unpaired) electrons. The van der Waals surface area contributed by atoms with E-state index in [-0.39, 0.29) is 0 Å². The number of alkyl halides is 1. The lowest BCUT2D eigenvalue weighted by Crippen LogP contribution is -2.34. The van der Waals surface area contributed by atoms with E-state index in [9.17, 15) is 0 Å². The lowest BCUT2D eigenvalue weighted by molar-refractivity contribution is 0.203. The van der Waals surface area contributed by atoms with Crippen molar-refractivity contribution in [1.29, 1.82) is 0 Å². The molecule has 1 nitrogen and oxygen atoms in total. The molecule has 0 bridgehead atoms. The molecule has 2 atom stereocenters. The van der Waals surface area contributed by atoms with Gasteiger partial charge in [0.2, 0.25) is 0 Å². The largest absolute Gasteiger partial charge is 0.303 e. The summed E-state index contributed by atoms with van der Waals surface area (Å²) in [6.07, 6.45) is 13.3. The average Bonchev–Trinajstić information content (AvgIpc) is 3.59. The van der Waals surface area contributed by atoms with E-state index in [1.54, 1.807) is 26.4 Å². The molecule has 1 aromatic carbocycles. The summed E-state index contributed by atoms with van der Waals surface area (Å²) in [4.78, 5) is 5.99. The number of hydrogen-bond donors (Lipinski definition) is 0. The summed E-state index contributed by atoms with van der Waals surface area (Å²) in [5, 5.41) is 4.52. The van der Waals surface area contributed by atoms with Crippen LogP contribution in [0.25, 0.3) is 0 Å². The summed E-state index contributed by atoms with van der Waals surface area (Å²) in [5.41, 5.74) is 4.81. The van der Waals surface area contributed by atoms with Crippen molar-refractivity contribution in [2.24, 2.45) is 0 Å². The van der Waals surface area contributed by atoms with Crippen LogP contribution in [0.3, 0.4) is 0 Å². The molecule has 1 fully saturated rings. The molecular formula is C31H40ClNS2. The first kappa shape index (κ1) is 25.5. The number of nitrogens with zero attached hydrogens (tertiary/aromatic N) is 1. The lowest BCUT2D eigenvalue weighted by Gasteiger charge is -2.33. The Bertz CT molecular complexity index is 1020. The number of rotatable bonds is 6. The zero-order valence-corrected chi connectivity index (χ0v) is 23.4. The minimum absolute atomic E-state index is 0.762. The summed E-state index contributed by atoms with van der Waals surface area (Å²) in [5.74, 6) is 3.18. The zero-order chi connectivity index (χ0) is 23.9. The van der Waals surface area contributed by atoms with E-state index in [4.69, 9.17) is 11.6 Å². The van der Waals surface area contributed by atoms with Gasteiger partial charge >= 0.3 is 0 Å². The van der Waals surface area contributed by atoms with Gasteiger partial charge in [-0.2, -0.15) is 0 Å². The normalized spacial score (nSPS) is 22.7. The predicted octanol–water partition coefficient (Wildman–Crippen LogP) is 9.23. The van der Waals surface area contributed by atoms with Crippen LogP contribution in [0.15, 0.2) is 53.2 Å². The quantitative estimate of drug-likeness (QED) is 0.290. The van der Waals surface area contributed by atoms with E-state index < -0.39 is 0 Å². The van der Waals surface area contributed by atoms with Crippen LogP contribution < -0.4 is 0 Å². The third kappa shape index (κ3) is 6.60. The van der Waals surface area contributed by atoms with Crippen LogP contribution in [0.5, 0.6) is 0 Å². The first-order valence-corrected chi connectivity index (χ1v) is 16.1. The Balaban J connectivity index is 0.000000178. The number of benzene rings is 1. The van der Waals surface area contributed by atoms with Gasteiger partial charge in [0.15, 0.2) is 0 Å². The Kier molecular flexibility index (Phi) is 9.41. The van der Waals surface area contributed by atoms with Gasteiger partial charge in [0.1, 0.15) is 0 Å². The highest BCUT2D eigenvalue weighted by molar-refractivity contribution is 7.10. The molecule has 1 saturated heterocycles. The van der Waals surface area contributed by atoms with Crippen molar-refractivity contribution in [3.63, 3.8) is 0 Å². The lowest BCUT2D eigenvalue weighted by atomic mass is 9.85. The Hall–Kier alpha value is -1.13. The third-order valence-corrected chi connectivity index (χ3v) is 10.7. The first-order valence-electron chi connectivity index (χ1n) is 13.8. The van der Waals surface area contributed by atoms with Crippen LogP contribution in [0.4, 0.5) is 0 Å². The molecule has 0 spiro atoms. The maximum Gasteiger partial charge on any atom is 0.0229 e. The highest BCUT2D eigenvalue weighted by Crippen LogP contribution is 2.38. The Morgan fingerprint density at radius 2 is 1.34 bits per heavy atom. The summed E-state index contributed by atoms with van der Waals surface area (Å²) >= 11 is 9.66. The highest BCUT2D eigenvalue weighted by atomic mass is 35.5. The number of fused-ring (bicyclic) bond motifs is 2. The molecule has 2 unspecified atom stereocenters. The molecule has 3 heterocycles. The molecule has 3 aliphatic rings. The fourth-order valence-electron chi connectivity index (χ4n) is 6.45. The van der Waals surface area contributed by atoms with Crippen LogP contribution in [-0.2, 0) is 12.8 Å². The van der Waals surface area contributed by atoms with Gasteiger partial charge in [-0.3, -0.25) is 0 Å². The molecular weight excluding hydrogens is 486 g/mol. The minimum Gasteiger partial charge on any atom is -0.303 e. The van der Waals surface area contributed by atoms with Gasteiger partial charge in [0.05, 0.1) is 0 Å². The zero-order valence-electron chi connectivity index (χ0n) is 21.0. The van der Waals surface area contributed by atoms with Crippen molar-refractivity contribution in [2.45, 2.75) is 82.0 Å². The molecule has 0 amide bonds. The summed E-state index contributed by atoms with van der Waals surface area (Å²) in [6, 6.07) is 15.8. The van der Waals surface area contributed by atoms with Gasteiger partial charge in [0.25, 0.3) is 0 Å². The van der Waals surface area contributed by atoms with Crippen LogP contribution >= 0.6 is 34.3 Å². The molecule has 6 rings (SSSR count). The van der Waals surface area contributed by atoms with Crippen molar-refractivity contribution in [3.8, 4) is 0 Å². The van der Waals surface area contributed by atoms with E-state index in [2.05, 4.69) is 58.1 Å². The van der Waals surface area contributed by atoms with E-state index >= 15 is 0 Å². The van der Waals surface area contributed by atoms with Gasteiger partial charge in [-0.1, -0.05) is 30.3 Å². The fourth-order valence-corrected chi connectivity index (χ4v) is 8.74. The number of thiophene rings is 2. The SMILES string of the molecule is ClCCC1CCCc2sccc21.c1ccc(C2CCN(CCC3CCCc4sccc43)CC2)cc1. The molecule has 1 aliphatic heterocycles. The molecule has 3 aromatic rings. The Labute approximate surface area is 225 Å². The standard InChI is InChI=1S/C21H27NS.C10H13ClS/c1-2-5-17(6-3-1)18-9-13-22(14-10-18)15-11-19-7-4-8-21-20(19)12-16-23-21;11-6-4-8-2-1-3-10-9(8)5-7-12-10/h1-3,5-6,12,16,18-19H,4,7-11,13-15H2;5,7-8H,1-4,6H2. The summed E-state index contributed by atoms with van der Waals surface area (Å²) in [7, 11) is 0. The van der Waals surface area contributed by atoms with Crippen LogP contribution in [-0.4, -0.2) is 30.4 Å². The second kappa shape index (κ2) is 12.9. The fraction of sp³-hybridized carbons (Fsp3) is 0.548. The molecule has 35 heavy (non-hydrogen) atoms. The van der Waals surface area contributed by atoms with Gasteiger partial charge in [-0.15, -0.1) is 34.3 Å². The predicted molar refractivity (Wildman–Crippen MR) is 155 cm³/mol. The molecule has 188 valence electrons. The number of piperidine rings is 1. The molecule has 0 saturated carbocycles. The van der Waals surface area contributed by atoms with E-state index in [1.807, 2.05) is 22.7 Å². The number of halogens is 1. The number of likely N-dealkylation sites (tertiary alicyclic amines) is 1. The maximum absolute atomic E-state index is 5.77. The monoisotopic (exact) mass is 525 g/mol. The second-order valence-corrected chi connectivity index (χ2v) is 12.9. The summed E-state index contributed by atoms with van der Waals surface area (Å²) in [6.45, 7) is 3.85. The average molecular weight is 526 g/mol. The molecule has 0 N–H and O–H groups in total. The smallest absolute Gasteiger partial charge is 0.0229 e. The van der Waals surface area contributed by atoms with Crippen molar-refractivity contribution < 1.29 is 0 Å². The first-order chi connectivity index (χ1) is 17.3. The van der Waals surface area contributed by atoms with E-state index in [1.165, 1.54) is 77.4 Å². The Morgan fingerprint density at radius 3 is 1.94 bits per heavy atom. The van der Waals surface area contributed by atoms with Gasteiger partial charge in [-0.05, 0) is 141 Å². The second-order valence-electron chi connectivity index (χ2n) is 10.6. The van der Waals surface area contributed by atoms with Crippen LogP contribution in [0.1, 0.15) is 95.6 Å². The molecule has 2 aromatic heterocycles. The van der Waals surface area contributed by atoms with Crippen LogP contribution in [0, 0.1) is 0 Å². The van der Waals surface area contributed by atoms with E-state index in [0.29, 0.717) is 0 Å². The van der Waals surface area contributed by atoms with E-state index in [0.717, 1.165) is 30.1 Å². The van der Waals surface area contributed by atoms with Gasteiger partial charge in [0, 0.05) is 15.6 Å². The third-order valence-electron chi connectivity index (χ3n) is 8.46. The van der Waals surface area contributed by atoms with Crippen molar-refractivity contribution in [3.05, 3.63) is 79.7 Å². The highest BCUT2D eigenvalue weighted by Gasteiger charge is 2.24. The number of hydrogen-bond acceptors (Lipinski definition) is 3. The minimum atomic E-state index is 0.762. The molecule has 4 heteroatoms. The Morgan fingerprint density at radius 1 is 0.743 bits per heavy atom. The maximum atomic E-state index is 5.77. The topological polar surface area (TPSA) is 3.24 Å².